The van der Waals surface area contributed by atoms with Crippen molar-refractivity contribution in [2.75, 3.05) is 0 Å². The summed E-state index contributed by atoms with van der Waals surface area (Å²) in [6, 6.07) is 5.77. The maximum Gasteiger partial charge on any atom is 0.341 e. The molecule has 0 aromatic heterocycles. The number of hydrogen-bond donors (Lipinski definition) is 1. The topological polar surface area (TPSA) is 81.5 Å². The fourth-order valence-corrected chi connectivity index (χ4v) is 1.46. The first kappa shape index (κ1) is 11.8. The number of nitro groups is 1. The number of rotatable bonds is 3. The molecule has 0 fully saturated rings. The Kier molecular flexibility index (Phi) is 3.38. The van der Waals surface area contributed by atoms with Gasteiger partial charge in [-0.1, -0.05) is 18.2 Å². The second kappa shape index (κ2) is 5.13. The number of benzene rings is 1. The van der Waals surface area contributed by atoms with E-state index in [1.165, 1.54) is 24.4 Å². The highest BCUT2D eigenvalue weighted by Crippen LogP contribution is 2.26. The van der Waals surface area contributed by atoms with Gasteiger partial charge >= 0.3 is 11.7 Å². The van der Waals surface area contributed by atoms with Gasteiger partial charge in [-0.05, 0) is 12.3 Å². The SMILES string of the molecule is O=C(Oc1ccccc1[N+](=O)[O-])C1=CNC=CC1. The lowest BCUT2D eigenvalue weighted by molar-refractivity contribution is -0.385. The van der Waals surface area contributed by atoms with E-state index in [-0.39, 0.29) is 11.4 Å². The van der Waals surface area contributed by atoms with Crippen LogP contribution in [0.15, 0.2) is 48.3 Å². The Morgan fingerprint density at radius 3 is 2.83 bits per heavy atom. The first-order chi connectivity index (χ1) is 8.68. The highest BCUT2D eigenvalue weighted by atomic mass is 16.6. The summed E-state index contributed by atoms with van der Waals surface area (Å²) in [7, 11) is 0. The van der Waals surface area contributed by atoms with E-state index in [4.69, 9.17) is 4.74 Å². The van der Waals surface area contributed by atoms with Gasteiger partial charge in [-0.25, -0.2) is 4.79 Å². The van der Waals surface area contributed by atoms with Crippen LogP contribution in [0.25, 0.3) is 0 Å². The molecule has 1 N–H and O–H groups in total. The van der Waals surface area contributed by atoms with Gasteiger partial charge in [-0.2, -0.15) is 0 Å². The molecule has 0 amide bonds. The van der Waals surface area contributed by atoms with E-state index >= 15 is 0 Å². The van der Waals surface area contributed by atoms with Gasteiger partial charge in [-0.3, -0.25) is 10.1 Å². The minimum atomic E-state index is -0.596. The van der Waals surface area contributed by atoms with Gasteiger partial charge in [0.25, 0.3) is 0 Å². The quantitative estimate of drug-likeness (QED) is 0.381. The van der Waals surface area contributed by atoms with Crippen LogP contribution in [-0.4, -0.2) is 10.9 Å². The third kappa shape index (κ3) is 2.54. The number of para-hydroxylation sites is 2. The minimum absolute atomic E-state index is 0.0528. The van der Waals surface area contributed by atoms with E-state index in [0.717, 1.165) is 0 Å². The molecule has 1 heterocycles. The maximum absolute atomic E-state index is 11.8. The lowest BCUT2D eigenvalue weighted by Gasteiger charge is -2.09. The molecule has 0 atom stereocenters. The average Bonchev–Trinajstić information content (AvgIpc) is 2.40. The molecule has 1 aromatic carbocycles. The maximum atomic E-state index is 11.8. The number of nitrogens with one attached hydrogen (secondary N) is 1. The summed E-state index contributed by atoms with van der Waals surface area (Å²) in [5.41, 5.74) is 0.182. The molecule has 0 radical (unpaired) electrons. The predicted octanol–water partition coefficient (Wildman–Crippen LogP) is 1.89. The van der Waals surface area contributed by atoms with Gasteiger partial charge in [0, 0.05) is 18.7 Å². The zero-order chi connectivity index (χ0) is 13.0. The fourth-order valence-electron chi connectivity index (χ4n) is 1.46. The van der Waals surface area contributed by atoms with Crippen LogP contribution in [0.3, 0.4) is 0 Å². The Labute approximate surface area is 103 Å². The molecule has 0 saturated heterocycles. The lowest BCUT2D eigenvalue weighted by Crippen LogP contribution is -2.15. The number of nitro benzene ring substituents is 1. The number of carbonyl (C=O) groups excluding carboxylic acids is 1. The molecular formula is C12H10N2O4. The zero-order valence-electron chi connectivity index (χ0n) is 9.33. The van der Waals surface area contributed by atoms with Gasteiger partial charge in [0.15, 0.2) is 0 Å². The van der Waals surface area contributed by atoms with Crippen LogP contribution in [0.1, 0.15) is 6.42 Å². The number of carbonyl (C=O) groups is 1. The number of dihydropyridines is 1. The number of ether oxygens (including phenoxy) is 1. The second-order valence-corrected chi connectivity index (χ2v) is 3.56. The molecule has 18 heavy (non-hydrogen) atoms. The van der Waals surface area contributed by atoms with Crippen LogP contribution in [0.5, 0.6) is 5.75 Å². The molecule has 0 unspecified atom stereocenters. The Hall–Kier alpha value is -2.63. The van der Waals surface area contributed by atoms with Crippen molar-refractivity contribution in [1.82, 2.24) is 5.32 Å². The van der Waals surface area contributed by atoms with Gasteiger partial charge in [0.1, 0.15) is 0 Å². The van der Waals surface area contributed by atoms with Gasteiger partial charge in [-0.15, -0.1) is 0 Å². The molecule has 0 aliphatic carbocycles. The van der Waals surface area contributed by atoms with E-state index < -0.39 is 10.9 Å². The summed E-state index contributed by atoms with van der Waals surface area (Å²) in [4.78, 5) is 21.9. The van der Waals surface area contributed by atoms with Crippen LogP contribution in [0, 0.1) is 10.1 Å². The Morgan fingerprint density at radius 1 is 1.39 bits per heavy atom. The molecule has 92 valence electrons. The average molecular weight is 246 g/mol. The number of allylic oxidation sites excluding steroid dienone is 1. The summed E-state index contributed by atoms with van der Waals surface area (Å²) in [5, 5.41) is 13.5. The first-order valence-electron chi connectivity index (χ1n) is 5.24. The van der Waals surface area contributed by atoms with E-state index in [1.807, 2.05) is 0 Å². The van der Waals surface area contributed by atoms with Crippen LogP contribution < -0.4 is 10.1 Å². The van der Waals surface area contributed by atoms with Crippen LogP contribution >= 0.6 is 0 Å². The normalized spacial score (nSPS) is 13.4. The van der Waals surface area contributed by atoms with E-state index in [1.54, 1.807) is 18.3 Å². The van der Waals surface area contributed by atoms with E-state index in [2.05, 4.69) is 5.32 Å². The fraction of sp³-hybridized carbons (Fsp3) is 0.0833. The van der Waals surface area contributed by atoms with Crippen molar-refractivity contribution in [3.8, 4) is 5.75 Å². The van der Waals surface area contributed by atoms with Gasteiger partial charge < -0.3 is 10.1 Å². The summed E-state index contributed by atoms with van der Waals surface area (Å²) in [5.74, 6) is -0.649. The van der Waals surface area contributed by atoms with E-state index in [0.29, 0.717) is 12.0 Å². The summed E-state index contributed by atoms with van der Waals surface area (Å²) in [6.07, 6.45) is 5.40. The minimum Gasteiger partial charge on any atom is -0.416 e. The van der Waals surface area contributed by atoms with Gasteiger partial charge in [0.05, 0.1) is 10.5 Å². The standard InChI is InChI=1S/C12H10N2O4/c15-12(9-4-3-7-13-8-9)18-11-6-2-1-5-10(11)14(16)17/h1-3,5-8,13H,4H2. The summed E-state index contributed by atoms with van der Waals surface area (Å²) in [6.45, 7) is 0. The Morgan fingerprint density at radius 2 is 2.17 bits per heavy atom. The lowest BCUT2D eigenvalue weighted by atomic mass is 10.2. The summed E-state index contributed by atoms with van der Waals surface area (Å²) < 4.78 is 5.02. The van der Waals surface area contributed by atoms with Crippen LogP contribution in [0.2, 0.25) is 0 Å². The van der Waals surface area contributed by atoms with Crippen molar-refractivity contribution in [3.05, 3.63) is 58.4 Å². The molecule has 1 aliphatic heterocycles. The zero-order valence-corrected chi connectivity index (χ0v) is 9.33. The largest absolute Gasteiger partial charge is 0.416 e. The second-order valence-electron chi connectivity index (χ2n) is 3.56. The highest BCUT2D eigenvalue weighted by molar-refractivity contribution is 5.91. The van der Waals surface area contributed by atoms with E-state index in [9.17, 15) is 14.9 Å². The number of nitrogens with zero attached hydrogens (tertiary/aromatic N) is 1. The summed E-state index contributed by atoms with van der Waals surface area (Å²) >= 11 is 0. The van der Waals surface area contributed by atoms with Crippen molar-refractivity contribution in [2.45, 2.75) is 6.42 Å². The van der Waals surface area contributed by atoms with Crippen molar-refractivity contribution < 1.29 is 14.5 Å². The van der Waals surface area contributed by atoms with Gasteiger partial charge in [0.2, 0.25) is 5.75 Å². The number of hydrogen-bond acceptors (Lipinski definition) is 5. The molecule has 1 aromatic rings. The molecule has 6 heteroatoms. The number of esters is 1. The van der Waals surface area contributed by atoms with Crippen molar-refractivity contribution in [1.29, 1.82) is 0 Å². The Bertz CT molecular complexity index is 549. The van der Waals surface area contributed by atoms with Crippen molar-refractivity contribution >= 4 is 11.7 Å². The Balaban J connectivity index is 2.17. The first-order valence-corrected chi connectivity index (χ1v) is 5.24. The molecular weight excluding hydrogens is 236 g/mol. The third-order valence-corrected chi connectivity index (χ3v) is 2.34. The smallest absolute Gasteiger partial charge is 0.341 e. The highest BCUT2D eigenvalue weighted by Gasteiger charge is 2.19. The van der Waals surface area contributed by atoms with Crippen molar-refractivity contribution in [2.24, 2.45) is 0 Å². The monoisotopic (exact) mass is 246 g/mol. The van der Waals surface area contributed by atoms with Crippen LogP contribution in [0.4, 0.5) is 5.69 Å². The molecule has 0 spiro atoms. The third-order valence-electron chi connectivity index (χ3n) is 2.34. The molecule has 2 rings (SSSR count). The molecule has 0 bridgehead atoms. The predicted molar refractivity (Wildman–Crippen MR) is 63.7 cm³/mol. The molecule has 6 nitrogen and oxygen atoms in total. The molecule has 1 aliphatic rings. The van der Waals surface area contributed by atoms with Crippen molar-refractivity contribution in [3.63, 3.8) is 0 Å². The van der Waals surface area contributed by atoms with Crippen LogP contribution in [-0.2, 0) is 4.79 Å². The molecule has 0 saturated carbocycles.